The molecule has 0 rings (SSSR count). The number of aliphatic hydroxyl groups excluding tert-OH is 3. The normalized spacial score (nSPS) is 13.0. The van der Waals surface area contributed by atoms with E-state index >= 15 is 0 Å². The standard InChI is InChI=1S/C21H33O10P/c1-16(10-4-7-13-22)19(25)29-32(28,30-20(26)17(2)11-5-8-14-23)31-21(27)18(3)12-6-9-15-24/h10-12,22-24H,4-9,13-15H2,1-3H3/b16-10+,17-11+,18-12+. The van der Waals surface area contributed by atoms with Crippen LogP contribution >= 0.6 is 7.82 Å². The Hall–Kier alpha value is -2.26. The van der Waals surface area contributed by atoms with Crippen molar-refractivity contribution in [3.63, 3.8) is 0 Å². The van der Waals surface area contributed by atoms with Gasteiger partial charge >= 0.3 is 25.7 Å². The van der Waals surface area contributed by atoms with E-state index in [0.717, 1.165) is 0 Å². The number of hydrogen-bond donors (Lipinski definition) is 3. The van der Waals surface area contributed by atoms with E-state index < -0.39 is 25.7 Å². The molecule has 182 valence electrons. The zero-order chi connectivity index (χ0) is 24.6. The molecule has 3 N–H and O–H groups in total. The average Bonchev–Trinajstić information content (AvgIpc) is 2.73. The van der Waals surface area contributed by atoms with Gasteiger partial charge in [-0.3, -0.25) is 0 Å². The molecule has 0 aromatic carbocycles. The van der Waals surface area contributed by atoms with Crippen molar-refractivity contribution in [1.82, 2.24) is 0 Å². The monoisotopic (exact) mass is 476 g/mol. The predicted molar refractivity (Wildman–Crippen MR) is 116 cm³/mol. The summed E-state index contributed by atoms with van der Waals surface area (Å²) in [7, 11) is -4.99. The first-order valence-electron chi connectivity index (χ1n) is 10.2. The highest BCUT2D eigenvalue weighted by molar-refractivity contribution is 7.50. The Balaban J connectivity index is 5.59. The zero-order valence-electron chi connectivity index (χ0n) is 18.7. The van der Waals surface area contributed by atoms with Crippen LogP contribution in [-0.4, -0.2) is 53.0 Å². The van der Waals surface area contributed by atoms with Crippen LogP contribution in [-0.2, 0) is 32.5 Å². The van der Waals surface area contributed by atoms with Gasteiger partial charge in [0.05, 0.1) is 0 Å². The van der Waals surface area contributed by atoms with Crippen molar-refractivity contribution >= 4 is 25.7 Å². The average molecular weight is 476 g/mol. The van der Waals surface area contributed by atoms with Crippen LogP contribution in [0.15, 0.2) is 34.9 Å². The second-order valence-corrected chi connectivity index (χ2v) is 8.28. The van der Waals surface area contributed by atoms with E-state index in [1.54, 1.807) is 0 Å². The molecular weight excluding hydrogens is 443 g/mol. The summed E-state index contributed by atoms with van der Waals surface area (Å²) in [6, 6.07) is 0. The molecule has 0 spiro atoms. The third-order valence-corrected chi connectivity index (χ3v) is 5.16. The number of phosphoric ester groups is 1. The molecule has 0 aromatic rings. The van der Waals surface area contributed by atoms with Crippen LogP contribution in [0.3, 0.4) is 0 Å². The van der Waals surface area contributed by atoms with Gasteiger partial charge in [-0.15, -0.1) is 0 Å². The summed E-state index contributed by atoms with van der Waals surface area (Å²) < 4.78 is 27.4. The minimum Gasteiger partial charge on any atom is -0.396 e. The Morgan fingerprint density at radius 3 is 1.09 bits per heavy atom. The van der Waals surface area contributed by atoms with Gasteiger partial charge in [0.2, 0.25) is 0 Å². The second kappa shape index (κ2) is 16.4. The molecule has 32 heavy (non-hydrogen) atoms. The smallest absolute Gasteiger partial charge is 0.396 e. The van der Waals surface area contributed by atoms with Gasteiger partial charge in [-0.05, 0) is 59.3 Å². The van der Waals surface area contributed by atoms with Gasteiger partial charge in [-0.25, -0.2) is 14.4 Å². The van der Waals surface area contributed by atoms with Gasteiger partial charge in [-0.1, -0.05) is 18.2 Å². The lowest BCUT2D eigenvalue weighted by atomic mass is 10.2. The van der Waals surface area contributed by atoms with E-state index in [-0.39, 0.29) is 36.5 Å². The highest BCUT2D eigenvalue weighted by Crippen LogP contribution is 2.51. The number of carbonyl (C=O) groups is 3. The van der Waals surface area contributed by atoms with Crippen molar-refractivity contribution in [3.05, 3.63) is 34.9 Å². The molecule has 0 aromatic heterocycles. The fraction of sp³-hybridized carbons (Fsp3) is 0.571. The molecule has 0 aliphatic rings. The maximum atomic E-state index is 13.0. The molecule has 11 heteroatoms. The number of unbranched alkanes of at least 4 members (excludes halogenated alkanes) is 3. The first-order valence-corrected chi connectivity index (χ1v) is 11.7. The Morgan fingerprint density at radius 2 is 0.875 bits per heavy atom. The highest BCUT2D eigenvalue weighted by Gasteiger charge is 2.40. The number of carbonyl (C=O) groups excluding carboxylic acids is 3. The van der Waals surface area contributed by atoms with E-state index in [1.165, 1.54) is 39.0 Å². The summed E-state index contributed by atoms with van der Waals surface area (Å²) in [5, 5.41) is 26.5. The maximum absolute atomic E-state index is 13.0. The van der Waals surface area contributed by atoms with Gasteiger partial charge in [0, 0.05) is 36.5 Å². The van der Waals surface area contributed by atoms with Gasteiger partial charge in [0.15, 0.2) is 0 Å². The largest absolute Gasteiger partial charge is 0.654 e. The maximum Gasteiger partial charge on any atom is 0.654 e. The third kappa shape index (κ3) is 12.6. The first kappa shape index (κ1) is 29.7. The summed E-state index contributed by atoms with van der Waals surface area (Å²) in [6.45, 7) is 3.85. The number of hydrogen-bond acceptors (Lipinski definition) is 10. The van der Waals surface area contributed by atoms with Crippen LogP contribution < -0.4 is 0 Å². The number of rotatable bonds is 15. The summed E-state index contributed by atoms with van der Waals surface area (Å²) in [6.07, 6.45) is 6.53. The van der Waals surface area contributed by atoms with Gasteiger partial charge < -0.3 is 28.9 Å². The molecule has 0 aliphatic heterocycles. The quantitative estimate of drug-likeness (QED) is 0.182. The van der Waals surface area contributed by atoms with E-state index in [1.807, 2.05) is 0 Å². The van der Waals surface area contributed by atoms with E-state index in [4.69, 9.17) is 28.9 Å². The second-order valence-electron chi connectivity index (χ2n) is 6.84. The molecule has 0 aliphatic carbocycles. The van der Waals surface area contributed by atoms with Crippen LogP contribution in [0.2, 0.25) is 0 Å². The molecular formula is C21H33O10P. The van der Waals surface area contributed by atoms with Crippen molar-refractivity contribution < 1.29 is 47.8 Å². The number of phosphoric acid groups is 1. The van der Waals surface area contributed by atoms with E-state index in [9.17, 15) is 18.9 Å². The first-order chi connectivity index (χ1) is 15.1. The molecule has 0 fully saturated rings. The Bertz CT molecular complexity index is 667. The Morgan fingerprint density at radius 1 is 0.625 bits per heavy atom. The molecule has 0 bridgehead atoms. The summed E-state index contributed by atoms with van der Waals surface area (Å²) in [5.74, 6) is -3.35. The summed E-state index contributed by atoms with van der Waals surface area (Å²) in [5.41, 5.74) is 0.0728. The van der Waals surface area contributed by atoms with Crippen LogP contribution in [0.4, 0.5) is 0 Å². The summed E-state index contributed by atoms with van der Waals surface area (Å²) in [4.78, 5) is 36.9. The van der Waals surface area contributed by atoms with Crippen LogP contribution in [0, 0.1) is 0 Å². The van der Waals surface area contributed by atoms with Crippen molar-refractivity contribution in [3.8, 4) is 0 Å². The van der Waals surface area contributed by atoms with Crippen molar-refractivity contribution in [2.45, 2.75) is 59.3 Å². The van der Waals surface area contributed by atoms with E-state index in [2.05, 4.69) is 0 Å². The van der Waals surface area contributed by atoms with Crippen molar-refractivity contribution in [2.24, 2.45) is 0 Å². The molecule has 0 saturated carbocycles. The molecule has 0 radical (unpaired) electrons. The van der Waals surface area contributed by atoms with Crippen LogP contribution in [0.1, 0.15) is 59.3 Å². The van der Waals surface area contributed by atoms with Crippen molar-refractivity contribution in [2.75, 3.05) is 19.8 Å². The SMILES string of the molecule is C/C(=C\CCCO)C(=O)OP(=O)(OC(=O)/C(C)=C/CCCO)OC(=O)/C(C)=C/CCCO. The fourth-order valence-corrected chi connectivity index (χ4v) is 3.21. The van der Waals surface area contributed by atoms with Crippen molar-refractivity contribution in [1.29, 1.82) is 0 Å². The lowest BCUT2D eigenvalue weighted by Crippen LogP contribution is -2.15. The topological polar surface area (TPSA) is 157 Å². The molecule has 0 atom stereocenters. The Labute approximate surface area is 188 Å². The van der Waals surface area contributed by atoms with Gasteiger partial charge in [-0.2, -0.15) is 4.57 Å². The molecule has 10 nitrogen and oxygen atoms in total. The molecule has 0 heterocycles. The Kier molecular flexibility index (Phi) is 15.2. The lowest BCUT2D eigenvalue weighted by Gasteiger charge is -2.17. The fourth-order valence-electron chi connectivity index (χ4n) is 2.06. The molecule has 0 unspecified atom stereocenters. The van der Waals surface area contributed by atoms with Gasteiger partial charge in [0.1, 0.15) is 0 Å². The highest BCUT2D eigenvalue weighted by atomic mass is 31.2. The van der Waals surface area contributed by atoms with Crippen LogP contribution in [0.5, 0.6) is 0 Å². The van der Waals surface area contributed by atoms with E-state index in [0.29, 0.717) is 38.5 Å². The van der Waals surface area contributed by atoms with Gasteiger partial charge in [0.25, 0.3) is 0 Å². The minimum absolute atomic E-state index is 0.0243. The van der Waals surface area contributed by atoms with Crippen LogP contribution in [0.25, 0.3) is 0 Å². The predicted octanol–water partition coefficient (Wildman–Crippen LogP) is 2.88. The number of aliphatic hydroxyl groups is 3. The zero-order valence-corrected chi connectivity index (χ0v) is 19.6. The lowest BCUT2D eigenvalue weighted by molar-refractivity contribution is -0.139. The third-order valence-electron chi connectivity index (χ3n) is 3.99. The minimum atomic E-state index is -4.99. The number of allylic oxidation sites excluding steroid dienone is 3. The summed E-state index contributed by atoms with van der Waals surface area (Å²) >= 11 is 0. The molecule has 0 amide bonds. The molecule has 0 saturated heterocycles.